The number of allylic oxidation sites excluding steroid dienone is 6. The minimum absolute atomic E-state index is 0.167. The zero-order valence-electron chi connectivity index (χ0n) is 29.0. The van der Waals surface area contributed by atoms with E-state index >= 15 is 0 Å². The molecule has 0 rings (SSSR count). The quantitative estimate of drug-likeness (QED) is 0.0435. The molecule has 0 aliphatic rings. The lowest BCUT2D eigenvalue weighted by atomic mass is 10.0. The largest absolute Gasteiger partial charge is 0.394 e. The number of carbonyl (C=O) groups excluding carboxylic acids is 1. The number of hydrogen-bond acceptors (Lipinski definition) is 4. The predicted octanol–water partition coefficient (Wildman–Crippen LogP) is 10.0. The molecule has 4 N–H and O–H groups in total. The maximum atomic E-state index is 12.3. The first-order chi connectivity index (χ1) is 21.6. The first kappa shape index (κ1) is 42.6. The van der Waals surface area contributed by atoms with Crippen LogP contribution < -0.4 is 5.32 Å². The molecule has 0 saturated carbocycles. The fourth-order valence-corrected chi connectivity index (χ4v) is 5.53. The number of amides is 1. The first-order valence-corrected chi connectivity index (χ1v) is 18.8. The summed E-state index contributed by atoms with van der Waals surface area (Å²) in [5, 5.41) is 33.2. The van der Waals surface area contributed by atoms with Crippen LogP contribution in [0.25, 0.3) is 0 Å². The molecule has 0 aromatic rings. The van der Waals surface area contributed by atoms with Crippen molar-refractivity contribution in [3.8, 4) is 0 Å². The van der Waals surface area contributed by atoms with Gasteiger partial charge in [-0.15, -0.1) is 0 Å². The standard InChI is InChI=1S/C39H73NO4/c1-3-5-7-9-11-13-14-15-16-17-18-19-20-21-22-23-24-26-28-30-32-34-38(43)40-36(35-41)39(44)37(42)33-31-29-27-25-12-10-8-6-4-2/h6,8,19-20,25,27,36-37,39,41-42,44H,3-5,7,9-18,21-24,26,28-35H2,1-2H3,(H,40,43)/b8-6+,20-19-,27-25+. The van der Waals surface area contributed by atoms with Crippen LogP contribution in [-0.2, 0) is 4.79 Å². The highest BCUT2D eigenvalue weighted by Crippen LogP contribution is 2.14. The van der Waals surface area contributed by atoms with E-state index in [0.717, 1.165) is 51.4 Å². The SMILES string of the molecule is CC/C=C/CC/C=C/CCCC(O)C(O)C(CO)NC(=O)CCCCCCCCC/C=C\CCCCCCCCCCCC. The molecule has 0 spiro atoms. The third kappa shape index (κ3) is 29.3. The Morgan fingerprint density at radius 3 is 1.50 bits per heavy atom. The molecule has 0 heterocycles. The number of hydrogen-bond donors (Lipinski definition) is 4. The van der Waals surface area contributed by atoms with Gasteiger partial charge < -0.3 is 20.6 Å². The Balaban J connectivity index is 3.66. The van der Waals surface area contributed by atoms with Gasteiger partial charge in [0, 0.05) is 6.42 Å². The van der Waals surface area contributed by atoms with Crippen molar-refractivity contribution in [1.82, 2.24) is 5.32 Å². The number of aliphatic hydroxyl groups is 3. The van der Waals surface area contributed by atoms with Gasteiger partial charge in [0.15, 0.2) is 0 Å². The van der Waals surface area contributed by atoms with Gasteiger partial charge in [-0.3, -0.25) is 4.79 Å². The first-order valence-electron chi connectivity index (χ1n) is 18.8. The summed E-state index contributed by atoms with van der Waals surface area (Å²) in [6.45, 7) is 4.02. The molecular formula is C39H73NO4. The Kier molecular flexibility index (Phi) is 33.3. The van der Waals surface area contributed by atoms with E-state index < -0.39 is 18.2 Å². The van der Waals surface area contributed by atoms with Crippen LogP contribution in [0.1, 0.15) is 181 Å². The van der Waals surface area contributed by atoms with Crippen LogP contribution >= 0.6 is 0 Å². The minimum Gasteiger partial charge on any atom is -0.394 e. The molecule has 5 heteroatoms. The molecule has 44 heavy (non-hydrogen) atoms. The summed E-state index contributed by atoms with van der Waals surface area (Å²) in [6, 6.07) is -0.831. The average Bonchev–Trinajstić information content (AvgIpc) is 3.03. The molecule has 5 nitrogen and oxygen atoms in total. The van der Waals surface area contributed by atoms with Gasteiger partial charge in [0.1, 0.15) is 6.10 Å². The Morgan fingerprint density at radius 2 is 1.00 bits per heavy atom. The summed E-state index contributed by atoms with van der Waals surface area (Å²) in [5.74, 6) is -0.167. The van der Waals surface area contributed by atoms with E-state index in [1.807, 2.05) is 0 Å². The van der Waals surface area contributed by atoms with Crippen molar-refractivity contribution < 1.29 is 20.1 Å². The van der Waals surface area contributed by atoms with Crippen molar-refractivity contribution in [2.75, 3.05) is 6.61 Å². The predicted molar refractivity (Wildman–Crippen MR) is 190 cm³/mol. The van der Waals surface area contributed by atoms with Gasteiger partial charge in [-0.1, -0.05) is 140 Å². The van der Waals surface area contributed by atoms with E-state index in [2.05, 4.69) is 55.6 Å². The maximum Gasteiger partial charge on any atom is 0.220 e. The lowest BCUT2D eigenvalue weighted by Crippen LogP contribution is -2.50. The van der Waals surface area contributed by atoms with Crippen molar-refractivity contribution in [2.45, 2.75) is 199 Å². The van der Waals surface area contributed by atoms with Gasteiger partial charge in [-0.05, 0) is 70.6 Å². The van der Waals surface area contributed by atoms with Crippen molar-refractivity contribution in [2.24, 2.45) is 0 Å². The van der Waals surface area contributed by atoms with Crippen LogP contribution in [-0.4, -0.2) is 46.1 Å². The van der Waals surface area contributed by atoms with Gasteiger partial charge in [-0.25, -0.2) is 0 Å². The minimum atomic E-state index is -1.17. The second-order valence-corrected chi connectivity index (χ2v) is 12.7. The van der Waals surface area contributed by atoms with E-state index in [1.165, 1.54) is 103 Å². The molecule has 0 aromatic heterocycles. The summed E-state index contributed by atoms with van der Waals surface area (Å²) in [7, 11) is 0. The van der Waals surface area contributed by atoms with Gasteiger partial charge in [0.05, 0.1) is 18.8 Å². The van der Waals surface area contributed by atoms with E-state index in [-0.39, 0.29) is 12.5 Å². The van der Waals surface area contributed by atoms with E-state index in [4.69, 9.17) is 0 Å². The van der Waals surface area contributed by atoms with Gasteiger partial charge in [0.25, 0.3) is 0 Å². The van der Waals surface area contributed by atoms with Crippen LogP contribution in [0.4, 0.5) is 0 Å². The molecule has 0 radical (unpaired) electrons. The highest BCUT2D eigenvalue weighted by molar-refractivity contribution is 5.76. The van der Waals surface area contributed by atoms with Gasteiger partial charge in [-0.2, -0.15) is 0 Å². The van der Waals surface area contributed by atoms with Crippen LogP contribution in [0.5, 0.6) is 0 Å². The summed E-state index contributed by atoms with van der Waals surface area (Å²) in [6.07, 6.45) is 41.2. The fraction of sp³-hybridized carbons (Fsp3) is 0.821. The summed E-state index contributed by atoms with van der Waals surface area (Å²) in [4.78, 5) is 12.3. The summed E-state index contributed by atoms with van der Waals surface area (Å²) < 4.78 is 0. The lowest BCUT2D eigenvalue weighted by Gasteiger charge is -2.26. The molecule has 0 aromatic carbocycles. The smallest absolute Gasteiger partial charge is 0.220 e. The average molecular weight is 620 g/mol. The van der Waals surface area contributed by atoms with E-state index in [0.29, 0.717) is 12.8 Å². The van der Waals surface area contributed by atoms with E-state index in [9.17, 15) is 20.1 Å². The fourth-order valence-electron chi connectivity index (χ4n) is 5.53. The Bertz CT molecular complexity index is 690. The van der Waals surface area contributed by atoms with Crippen LogP contribution in [0.3, 0.4) is 0 Å². The van der Waals surface area contributed by atoms with E-state index in [1.54, 1.807) is 0 Å². The number of rotatable bonds is 33. The Labute approximate surface area is 273 Å². The summed E-state index contributed by atoms with van der Waals surface area (Å²) >= 11 is 0. The normalized spacial score (nSPS) is 14.2. The Morgan fingerprint density at radius 1 is 0.568 bits per heavy atom. The van der Waals surface area contributed by atoms with Crippen molar-refractivity contribution in [3.05, 3.63) is 36.5 Å². The monoisotopic (exact) mass is 620 g/mol. The van der Waals surface area contributed by atoms with Crippen molar-refractivity contribution >= 4 is 5.91 Å². The molecule has 0 aliphatic heterocycles. The molecule has 0 bridgehead atoms. The zero-order valence-corrected chi connectivity index (χ0v) is 29.0. The molecule has 0 fully saturated rings. The second-order valence-electron chi connectivity index (χ2n) is 12.7. The zero-order chi connectivity index (χ0) is 32.4. The molecular weight excluding hydrogens is 546 g/mol. The highest BCUT2D eigenvalue weighted by atomic mass is 16.3. The van der Waals surface area contributed by atoms with Crippen LogP contribution in [0.15, 0.2) is 36.5 Å². The molecule has 3 atom stereocenters. The number of unbranched alkanes of at least 4 members (excludes halogenated alkanes) is 19. The van der Waals surface area contributed by atoms with Gasteiger partial charge >= 0.3 is 0 Å². The maximum absolute atomic E-state index is 12.3. The lowest BCUT2D eigenvalue weighted by molar-refractivity contribution is -0.124. The van der Waals surface area contributed by atoms with Gasteiger partial charge in [0.2, 0.25) is 5.91 Å². The second kappa shape index (κ2) is 34.4. The van der Waals surface area contributed by atoms with Crippen LogP contribution in [0, 0.1) is 0 Å². The number of nitrogens with one attached hydrogen (secondary N) is 1. The number of aliphatic hydroxyl groups excluding tert-OH is 3. The Hall–Kier alpha value is -1.43. The molecule has 0 saturated heterocycles. The summed E-state index contributed by atoms with van der Waals surface area (Å²) in [5.41, 5.74) is 0. The molecule has 0 aliphatic carbocycles. The highest BCUT2D eigenvalue weighted by Gasteiger charge is 2.26. The third-order valence-electron chi connectivity index (χ3n) is 8.45. The van der Waals surface area contributed by atoms with Crippen LogP contribution in [0.2, 0.25) is 0 Å². The third-order valence-corrected chi connectivity index (χ3v) is 8.45. The molecule has 3 unspecified atom stereocenters. The molecule has 258 valence electrons. The molecule has 1 amide bonds. The van der Waals surface area contributed by atoms with Crippen molar-refractivity contribution in [1.29, 1.82) is 0 Å². The number of carbonyl (C=O) groups is 1. The van der Waals surface area contributed by atoms with Crippen molar-refractivity contribution in [3.63, 3.8) is 0 Å². The topological polar surface area (TPSA) is 89.8 Å².